The van der Waals surface area contributed by atoms with Crippen molar-refractivity contribution in [3.05, 3.63) is 175 Å². The Hall–Kier alpha value is -6.63. The fourth-order valence-corrected chi connectivity index (χ4v) is 6.98. The van der Waals surface area contributed by atoms with Crippen LogP contribution in [0.4, 0.5) is 0 Å². The molecule has 0 saturated carbocycles. The summed E-state index contributed by atoms with van der Waals surface area (Å²) in [4.78, 5) is 4.67. The standard InChI is InChI=1S/C48H36N4O4.Pt/c1-31-32(2)47(55-36-15-7-5-8-16-36)46(48(33(31)3)56-37-17-9-6-10-18-37)34-29-50-51(30-34)35-14-13-19-39(26-35)54-40-22-23-42-41-20-11-12-21-43(41)52(44(42)27-40)45-28-38(53-4)24-25-49-45;/h5-25,28-30H,1-4H3;/q-2;+2. The van der Waals surface area contributed by atoms with Gasteiger partial charge < -0.3 is 23.5 Å². The van der Waals surface area contributed by atoms with Crippen LogP contribution in [-0.2, 0) is 21.1 Å². The van der Waals surface area contributed by atoms with Crippen LogP contribution in [0.1, 0.15) is 16.7 Å². The molecule has 0 aliphatic heterocycles. The van der Waals surface area contributed by atoms with Crippen LogP contribution in [0.2, 0.25) is 0 Å². The zero-order valence-corrected chi connectivity index (χ0v) is 33.9. The van der Waals surface area contributed by atoms with E-state index in [9.17, 15) is 0 Å². The van der Waals surface area contributed by atoms with E-state index in [1.807, 2.05) is 122 Å². The molecule has 57 heavy (non-hydrogen) atoms. The Kier molecular flexibility index (Phi) is 10.4. The number of hydrogen-bond acceptors (Lipinski definition) is 6. The van der Waals surface area contributed by atoms with Crippen LogP contribution < -0.4 is 18.9 Å². The van der Waals surface area contributed by atoms with Gasteiger partial charge in [0.15, 0.2) is 0 Å². The molecular formula is C48H36N4O4Pt. The van der Waals surface area contributed by atoms with E-state index in [1.165, 1.54) is 0 Å². The van der Waals surface area contributed by atoms with E-state index in [1.54, 1.807) is 18.0 Å². The molecule has 0 amide bonds. The van der Waals surface area contributed by atoms with E-state index in [2.05, 4.69) is 60.7 Å². The van der Waals surface area contributed by atoms with E-state index in [4.69, 9.17) is 24.0 Å². The van der Waals surface area contributed by atoms with E-state index in [0.717, 1.165) is 66.9 Å². The van der Waals surface area contributed by atoms with Gasteiger partial charge in [-0.25, -0.2) is 4.98 Å². The third-order valence-corrected chi connectivity index (χ3v) is 10.0. The fraction of sp³-hybridized carbons (Fsp3) is 0.0833. The van der Waals surface area contributed by atoms with Crippen molar-refractivity contribution in [3.63, 3.8) is 0 Å². The summed E-state index contributed by atoms with van der Waals surface area (Å²) >= 11 is 0. The van der Waals surface area contributed by atoms with Crippen molar-refractivity contribution in [1.82, 2.24) is 19.3 Å². The average molecular weight is 928 g/mol. The minimum absolute atomic E-state index is 0. The molecule has 9 rings (SSSR count). The molecule has 0 aliphatic carbocycles. The maximum Gasteiger partial charge on any atom is 2.00 e. The molecule has 0 unspecified atom stereocenters. The summed E-state index contributed by atoms with van der Waals surface area (Å²) in [6.45, 7) is 6.26. The van der Waals surface area contributed by atoms with Gasteiger partial charge >= 0.3 is 21.1 Å². The van der Waals surface area contributed by atoms with Gasteiger partial charge in [-0.15, -0.1) is 35.7 Å². The van der Waals surface area contributed by atoms with E-state index >= 15 is 0 Å². The second-order valence-corrected chi connectivity index (χ2v) is 13.4. The monoisotopic (exact) mass is 927 g/mol. The number of hydrogen-bond donors (Lipinski definition) is 0. The van der Waals surface area contributed by atoms with Crippen LogP contribution in [0.5, 0.6) is 40.2 Å². The van der Waals surface area contributed by atoms with Gasteiger partial charge in [0, 0.05) is 41.0 Å². The third-order valence-electron chi connectivity index (χ3n) is 10.0. The predicted octanol–water partition coefficient (Wildman–Crippen LogP) is 11.9. The Morgan fingerprint density at radius 3 is 1.96 bits per heavy atom. The van der Waals surface area contributed by atoms with Crippen LogP contribution in [0, 0.1) is 32.9 Å². The van der Waals surface area contributed by atoms with Gasteiger partial charge in [0.1, 0.15) is 34.6 Å². The van der Waals surface area contributed by atoms with Crippen LogP contribution in [0.3, 0.4) is 0 Å². The molecule has 3 aromatic heterocycles. The molecule has 3 heterocycles. The molecule has 8 nitrogen and oxygen atoms in total. The van der Waals surface area contributed by atoms with Gasteiger partial charge in [-0.05, 0) is 84.9 Å². The quantitative estimate of drug-likeness (QED) is 0.127. The summed E-state index contributed by atoms with van der Waals surface area (Å²) in [5.41, 5.74) is 7.30. The van der Waals surface area contributed by atoms with Crippen molar-refractivity contribution in [1.29, 1.82) is 0 Å². The number of pyridine rings is 1. The molecule has 0 atom stereocenters. The molecule has 9 heteroatoms. The number of aromatic nitrogens is 4. The first-order valence-electron chi connectivity index (χ1n) is 18.3. The third kappa shape index (κ3) is 7.16. The number of fused-ring (bicyclic) bond motifs is 3. The van der Waals surface area contributed by atoms with Gasteiger partial charge in [0.2, 0.25) is 0 Å². The van der Waals surface area contributed by atoms with Gasteiger partial charge in [0.25, 0.3) is 0 Å². The molecule has 0 N–H and O–H groups in total. The Morgan fingerprint density at radius 1 is 0.596 bits per heavy atom. The van der Waals surface area contributed by atoms with Gasteiger partial charge in [-0.1, -0.05) is 60.1 Å². The minimum atomic E-state index is 0. The van der Waals surface area contributed by atoms with Crippen LogP contribution in [0.25, 0.3) is 44.4 Å². The van der Waals surface area contributed by atoms with Gasteiger partial charge in [-0.3, -0.25) is 4.68 Å². The molecule has 0 radical (unpaired) electrons. The number of methoxy groups -OCH3 is 1. The Labute approximate surface area is 345 Å². The molecule has 0 aliphatic rings. The number of nitrogens with zero attached hydrogens (tertiary/aromatic N) is 4. The molecule has 6 aromatic carbocycles. The molecule has 9 aromatic rings. The number of benzene rings is 6. The SMILES string of the molecule is COc1ccnc(-n2c3[c-]c(Oc4[c-]c(-n5cc(-c6c(Oc7ccccc7)c(C)c(C)c(C)c6Oc6ccccc6)cn5)ccc4)ccc3c3ccccc32)c1.[Pt+2]. The zero-order valence-electron chi connectivity index (χ0n) is 31.6. The van der Waals surface area contributed by atoms with Crippen molar-refractivity contribution in [2.45, 2.75) is 20.8 Å². The summed E-state index contributed by atoms with van der Waals surface area (Å²) in [5.74, 6) is 5.36. The molecule has 0 saturated heterocycles. The topological polar surface area (TPSA) is 72.6 Å². The Bertz CT molecular complexity index is 2800. The summed E-state index contributed by atoms with van der Waals surface area (Å²) in [5, 5.41) is 6.93. The number of rotatable bonds is 10. The summed E-state index contributed by atoms with van der Waals surface area (Å²) in [6, 6.07) is 48.2. The normalized spacial score (nSPS) is 11.0. The van der Waals surface area contributed by atoms with Gasteiger partial charge in [0.05, 0.1) is 18.9 Å². The van der Waals surface area contributed by atoms with E-state index in [0.29, 0.717) is 34.4 Å². The van der Waals surface area contributed by atoms with E-state index < -0.39 is 0 Å². The van der Waals surface area contributed by atoms with Crippen molar-refractivity contribution in [3.8, 4) is 62.9 Å². The first kappa shape index (κ1) is 37.3. The second kappa shape index (κ2) is 15.8. The average Bonchev–Trinajstić information content (AvgIpc) is 3.86. The second-order valence-electron chi connectivity index (χ2n) is 13.4. The Morgan fingerprint density at radius 2 is 1.26 bits per heavy atom. The van der Waals surface area contributed by atoms with Crippen molar-refractivity contribution < 1.29 is 40.0 Å². The fourth-order valence-electron chi connectivity index (χ4n) is 6.98. The maximum atomic E-state index is 6.65. The van der Waals surface area contributed by atoms with Crippen LogP contribution in [-0.4, -0.2) is 26.4 Å². The molecule has 0 fully saturated rings. The Balaban J connectivity index is 0.00000455. The maximum absolute atomic E-state index is 6.65. The smallest absolute Gasteiger partial charge is 0.509 e. The molecular weight excluding hydrogens is 892 g/mol. The molecule has 0 bridgehead atoms. The van der Waals surface area contributed by atoms with Crippen molar-refractivity contribution in [2.75, 3.05) is 7.11 Å². The van der Waals surface area contributed by atoms with Gasteiger partial charge in [-0.2, -0.15) is 17.2 Å². The van der Waals surface area contributed by atoms with Crippen molar-refractivity contribution >= 4 is 21.8 Å². The summed E-state index contributed by atoms with van der Waals surface area (Å²) in [7, 11) is 1.65. The predicted molar refractivity (Wildman–Crippen MR) is 219 cm³/mol. The van der Waals surface area contributed by atoms with E-state index in [-0.39, 0.29) is 21.1 Å². The first-order valence-corrected chi connectivity index (χ1v) is 18.3. The first-order chi connectivity index (χ1) is 27.4. The summed E-state index contributed by atoms with van der Waals surface area (Å²) in [6.07, 6.45) is 5.53. The minimum Gasteiger partial charge on any atom is -0.509 e. The van der Waals surface area contributed by atoms with Crippen LogP contribution >= 0.6 is 0 Å². The zero-order chi connectivity index (χ0) is 38.2. The largest absolute Gasteiger partial charge is 2.00 e. The summed E-state index contributed by atoms with van der Waals surface area (Å²) < 4.78 is 29.1. The van der Waals surface area contributed by atoms with Crippen LogP contribution in [0.15, 0.2) is 146 Å². The number of para-hydroxylation sites is 3. The molecule has 0 spiro atoms. The molecule has 282 valence electrons. The number of ether oxygens (including phenoxy) is 4. The van der Waals surface area contributed by atoms with Crippen molar-refractivity contribution in [2.24, 2.45) is 0 Å².